The Kier molecular flexibility index (Phi) is 2.27. The fraction of sp³-hybridized carbons (Fsp3) is 0.857. The van der Waals surface area contributed by atoms with E-state index in [-0.39, 0.29) is 12.0 Å². The minimum atomic E-state index is -0.134. The highest BCUT2D eigenvalue weighted by Gasteiger charge is 2.27. The Bertz CT molecular complexity index is 125. The van der Waals surface area contributed by atoms with Crippen molar-refractivity contribution >= 4 is 5.91 Å². The SMILES string of the molecule is CCN(C)C(=O)C1CCO1. The zero-order valence-corrected chi connectivity index (χ0v) is 6.46. The summed E-state index contributed by atoms with van der Waals surface area (Å²) in [5.74, 6) is 0.119. The molecule has 1 atom stereocenters. The van der Waals surface area contributed by atoms with Crippen molar-refractivity contribution in [3.63, 3.8) is 0 Å². The largest absolute Gasteiger partial charge is 0.368 e. The van der Waals surface area contributed by atoms with Crippen LogP contribution in [0.2, 0.25) is 0 Å². The Hall–Kier alpha value is -0.570. The summed E-state index contributed by atoms with van der Waals surface area (Å²) in [7, 11) is 1.80. The van der Waals surface area contributed by atoms with Gasteiger partial charge in [0.15, 0.2) is 0 Å². The second-order valence-electron chi connectivity index (χ2n) is 2.50. The Morgan fingerprint density at radius 3 is 2.70 bits per heavy atom. The number of hydrogen-bond donors (Lipinski definition) is 0. The van der Waals surface area contributed by atoms with E-state index in [4.69, 9.17) is 4.74 Å². The van der Waals surface area contributed by atoms with Crippen molar-refractivity contribution in [1.29, 1.82) is 0 Å². The molecule has 0 saturated carbocycles. The molecule has 1 heterocycles. The number of nitrogens with zero attached hydrogens (tertiary/aromatic N) is 1. The van der Waals surface area contributed by atoms with Crippen molar-refractivity contribution in [2.45, 2.75) is 19.4 Å². The van der Waals surface area contributed by atoms with Gasteiger partial charge in [0.25, 0.3) is 5.91 Å². The van der Waals surface area contributed by atoms with Crippen LogP contribution in [0.4, 0.5) is 0 Å². The first-order chi connectivity index (χ1) is 4.75. The molecule has 3 nitrogen and oxygen atoms in total. The summed E-state index contributed by atoms with van der Waals surface area (Å²) in [6.45, 7) is 3.46. The topological polar surface area (TPSA) is 29.5 Å². The smallest absolute Gasteiger partial charge is 0.251 e. The maximum Gasteiger partial charge on any atom is 0.251 e. The van der Waals surface area contributed by atoms with E-state index in [1.807, 2.05) is 6.92 Å². The van der Waals surface area contributed by atoms with Crippen LogP contribution in [-0.4, -0.2) is 37.1 Å². The summed E-state index contributed by atoms with van der Waals surface area (Å²) in [6, 6.07) is 0. The quantitative estimate of drug-likeness (QED) is 0.554. The molecule has 0 aromatic carbocycles. The third-order valence-electron chi connectivity index (χ3n) is 1.83. The minimum absolute atomic E-state index is 0.119. The Labute approximate surface area is 61.0 Å². The summed E-state index contributed by atoms with van der Waals surface area (Å²) in [5.41, 5.74) is 0. The molecule has 0 aromatic rings. The second-order valence-corrected chi connectivity index (χ2v) is 2.50. The number of likely N-dealkylation sites (N-methyl/N-ethyl adjacent to an activating group) is 1. The van der Waals surface area contributed by atoms with E-state index in [1.54, 1.807) is 11.9 Å². The van der Waals surface area contributed by atoms with Gasteiger partial charge in [-0.3, -0.25) is 4.79 Å². The molecule has 0 N–H and O–H groups in total. The van der Waals surface area contributed by atoms with Gasteiger partial charge in [-0.05, 0) is 6.92 Å². The van der Waals surface area contributed by atoms with Crippen LogP contribution in [0.15, 0.2) is 0 Å². The Morgan fingerprint density at radius 2 is 2.40 bits per heavy atom. The van der Waals surface area contributed by atoms with Gasteiger partial charge in [0, 0.05) is 20.0 Å². The van der Waals surface area contributed by atoms with Crippen LogP contribution < -0.4 is 0 Å². The average molecular weight is 143 g/mol. The van der Waals surface area contributed by atoms with Crippen molar-refractivity contribution < 1.29 is 9.53 Å². The lowest BCUT2D eigenvalue weighted by molar-refractivity contribution is -0.154. The molecule has 1 aliphatic rings. The first-order valence-electron chi connectivity index (χ1n) is 3.62. The lowest BCUT2D eigenvalue weighted by atomic mass is 10.1. The van der Waals surface area contributed by atoms with E-state index in [9.17, 15) is 4.79 Å². The number of rotatable bonds is 2. The first-order valence-corrected chi connectivity index (χ1v) is 3.62. The molecule has 10 heavy (non-hydrogen) atoms. The normalized spacial score (nSPS) is 23.6. The number of hydrogen-bond acceptors (Lipinski definition) is 2. The first kappa shape index (κ1) is 7.54. The standard InChI is InChI=1S/C7H13NO2/c1-3-8(2)7(9)6-4-5-10-6/h6H,3-5H2,1-2H3. The zero-order chi connectivity index (χ0) is 7.56. The monoisotopic (exact) mass is 143 g/mol. The molecule has 1 saturated heterocycles. The molecule has 1 unspecified atom stereocenters. The van der Waals surface area contributed by atoms with E-state index in [1.165, 1.54) is 0 Å². The highest BCUT2D eigenvalue weighted by Crippen LogP contribution is 2.12. The van der Waals surface area contributed by atoms with Crippen LogP contribution in [0.25, 0.3) is 0 Å². The summed E-state index contributed by atoms with van der Waals surface area (Å²) < 4.78 is 5.02. The lowest BCUT2D eigenvalue weighted by Gasteiger charge is -2.28. The van der Waals surface area contributed by atoms with Gasteiger partial charge >= 0.3 is 0 Å². The second kappa shape index (κ2) is 3.01. The van der Waals surface area contributed by atoms with Crippen molar-refractivity contribution in [2.24, 2.45) is 0 Å². The third kappa shape index (κ3) is 1.29. The van der Waals surface area contributed by atoms with Gasteiger partial charge in [-0.15, -0.1) is 0 Å². The fourth-order valence-corrected chi connectivity index (χ4v) is 0.832. The van der Waals surface area contributed by atoms with Crippen molar-refractivity contribution in [1.82, 2.24) is 4.90 Å². The summed E-state index contributed by atoms with van der Waals surface area (Å²) in [5, 5.41) is 0. The third-order valence-corrected chi connectivity index (χ3v) is 1.83. The summed E-state index contributed by atoms with van der Waals surface area (Å²) >= 11 is 0. The van der Waals surface area contributed by atoms with Crippen LogP contribution in [0.5, 0.6) is 0 Å². The lowest BCUT2D eigenvalue weighted by Crippen LogP contribution is -2.43. The molecule has 0 aliphatic carbocycles. The Balaban J connectivity index is 2.32. The molecule has 58 valence electrons. The van der Waals surface area contributed by atoms with E-state index in [0.29, 0.717) is 0 Å². The van der Waals surface area contributed by atoms with Crippen molar-refractivity contribution in [2.75, 3.05) is 20.2 Å². The molecule has 1 aliphatic heterocycles. The molecular formula is C7H13NO2. The molecule has 1 fully saturated rings. The van der Waals surface area contributed by atoms with Gasteiger partial charge in [-0.2, -0.15) is 0 Å². The Morgan fingerprint density at radius 1 is 1.80 bits per heavy atom. The van der Waals surface area contributed by atoms with Gasteiger partial charge in [-0.25, -0.2) is 0 Å². The number of amides is 1. The number of carbonyl (C=O) groups is 1. The van der Waals surface area contributed by atoms with Gasteiger partial charge in [0.1, 0.15) is 6.10 Å². The predicted octanol–water partition coefficient (Wildman–Crippen LogP) is 0.254. The maximum absolute atomic E-state index is 11.2. The molecule has 3 heteroatoms. The number of carbonyl (C=O) groups excluding carboxylic acids is 1. The van der Waals surface area contributed by atoms with Crippen molar-refractivity contribution in [3.8, 4) is 0 Å². The molecule has 0 bridgehead atoms. The highest BCUT2D eigenvalue weighted by atomic mass is 16.5. The molecular weight excluding hydrogens is 130 g/mol. The van der Waals surface area contributed by atoms with E-state index < -0.39 is 0 Å². The molecule has 1 amide bonds. The molecule has 1 rings (SSSR count). The molecule has 0 radical (unpaired) electrons. The van der Waals surface area contributed by atoms with Crippen LogP contribution in [-0.2, 0) is 9.53 Å². The summed E-state index contributed by atoms with van der Waals surface area (Å²) in [6.07, 6.45) is 0.758. The fourth-order valence-electron chi connectivity index (χ4n) is 0.832. The minimum Gasteiger partial charge on any atom is -0.368 e. The maximum atomic E-state index is 11.2. The molecule has 0 aromatic heterocycles. The van der Waals surface area contributed by atoms with E-state index in [2.05, 4.69) is 0 Å². The average Bonchev–Trinajstić information content (AvgIpc) is 1.82. The van der Waals surface area contributed by atoms with E-state index >= 15 is 0 Å². The van der Waals surface area contributed by atoms with Crippen LogP contribution >= 0.6 is 0 Å². The van der Waals surface area contributed by atoms with Gasteiger partial charge in [-0.1, -0.05) is 0 Å². The van der Waals surface area contributed by atoms with Gasteiger partial charge in [0.2, 0.25) is 0 Å². The highest BCUT2D eigenvalue weighted by molar-refractivity contribution is 5.81. The van der Waals surface area contributed by atoms with Crippen LogP contribution in [0.1, 0.15) is 13.3 Å². The van der Waals surface area contributed by atoms with Crippen LogP contribution in [0.3, 0.4) is 0 Å². The summed E-state index contributed by atoms with van der Waals surface area (Å²) in [4.78, 5) is 12.8. The van der Waals surface area contributed by atoms with Gasteiger partial charge < -0.3 is 9.64 Å². The van der Waals surface area contributed by atoms with E-state index in [0.717, 1.165) is 19.6 Å². The predicted molar refractivity (Wildman–Crippen MR) is 37.7 cm³/mol. The van der Waals surface area contributed by atoms with Crippen molar-refractivity contribution in [3.05, 3.63) is 0 Å². The molecule has 0 spiro atoms. The number of ether oxygens (including phenoxy) is 1. The van der Waals surface area contributed by atoms with Crippen LogP contribution in [0, 0.1) is 0 Å². The zero-order valence-electron chi connectivity index (χ0n) is 6.46. The van der Waals surface area contributed by atoms with Gasteiger partial charge in [0.05, 0.1) is 6.61 Å².